The summed E-state index contributed by atoms with van der Waals surface area (Å²) in [7, 11) is -0.711. The molecule has 0 radical (unpaired) electrons. The van der Waals surface area contributed by atoms with Crippen LogP contribution in [-0.2, 0) is 10.8 Å². The number of fused-ring (bicyclic) bond motifs is 4. The van der Waals surface area contributed by atoms with Crippen molar-refractivity contribution in [3.63, 3.8) is 0 Å². The molecule has 0 N–H and O–H groups in total. The third kappa shape index (κ3) is 5.80. The highest BCUT2D eigenvalue weighted by Crippen LogP contribution is 2.53. The molecule has 0 fully saturated rings. The summed E-state index contributed by atoms with van der Waals surface area (Å²) in [5.74, 6) is 1.97. The Bertz CT molecular complexity index is 1640. The number of halogens is 1. The van der Waals surface area contributed by atoms with Gasteiger partial charge in [0.15, 0.2) is 28.7 Å². The number of hydrogen-bond donors (Lipinski definition) is 0. The summed E-state index contributed by atoms with van der Waals surface area (Å²) in [6, 6.07) is 8.48. The number of nitrogens with zero attached hydrogens (tertiary/aromatic N) is 2. The van der Waals surface area contributed by atoms with Gasteiger partial charge in [-0.3, -0.25) is 0 Å². The van der Waals surface area contributed by atoms with E-state index >= 15 is 0 Å². The van der Waals surface area contributed by atoms with Crippen molar-refractivity contribution in [2.75, 3.05) is 19.0 Å². The molecule has 0 bridgehead atoms. The maximum Gasteiger partial charge on any atom is 0.246 e. The zero-order valence-electron chi connectivity index (χ0n) is 26.7. The van der Waals surface area contributed by atoms with E-state index in [9.17, 15) is 0 Å². The van der Waals surface area contributed by atoms with Gasteiger partial charge in [-0.1, -0.05) is 32.1 Å². The van der Waals surface area contributed by atoms with E-state index in [0.717, 1.165) is 34.4 Å². The van der Waals surface area contributed by atoms with Crippen molar-refractivity contribution >= 4 is 17.1 Å². The molecule has 0 saturated heterocycles. The third-order valence-electron chi connectivity index (χ3n) is 8.35. The number of likely N-dealkylation sites (N-methyl/N-ethyl adjacent to an activating group) is 1. The van der Waals surface area contributed by atoms with Crippen molar-refractivity contribution in [2.24, 2.45) is 0 Å². The fourth-order valence-electron chi connectivity index (χ4n) is 6.45. The van der Waals surface area contributed by atoms with Crippen molar-refractivity contribution in [1.29, 1.82) is 0 Å². The molecule has 0 amide bonds. The first-order chi connectivity index (χ1) is 20.1. The molecule has 10 nitrogen and oxygen atoms in total. The minimum atomic E-state index is -4.94. The highest BCUT2D eigenvalue weighted by molar-refractivity contribution is 6.03. The van der Waals surface area contributed by atoms with Gasteiger partial charge in [0.25, 0.3) is 0 Å². The number of hydrogen-bond acceptors (Lipinski definition) is 9. The second-order valence-corrected chi connectivity index (χ2v) is 14.0. The topological polar surface area (TPSA) is 135 Å². The van der Waals surface area contributed by atoms with Crippen LogP contribution >= 0.6 is 0 Å². The number of allylic oxidation sites excluding steroid dienone is 6. The smallest absolute Gasteiger partial charge is 0.246 e. The van der Waals surface area contributed by atoms with Crippen LogP contribution in [0.3, 0.4) is 0 Å². The number of anilines is 1. The van der Waals surface area contributed by atoms with Gasteiger partial charge in [-0.25, -0.2) is 18.6 Å². The monoisotopic (exact) mass is 626 g/mol. The Kier molecular flexibility index (Phi) is 7.42. The Morgan fingerprint density at radius 2 is 1.16 bits per heavy atom. The Labute approximate surface area is 260 Å². The summed E-state index contributed by atoms with van der Waals surface area (Å²) >= 11 is 0. The van der Waals surface area contributed by atoms with Gasteiger partial charge in [0.2, 0.25) is 17.3 Å². The zero-order valence-corrected chi connectivity index (χ0v) is 27.5. The van der Waals surface area contributed by atoms with Gasteiger partial charge in [0.1, 0.15) is 7.05 Å². The second kappa shape index (κ2) is 10.3. The zero-order chi connectivity index (χ0) is 32.6. The molecule has 6 rings (SSSR count). The Morgan fingerprint density at radius 1 is 0.682 bits per heavy atom. The summed E-state index contributed by atoms with van der Waals surface area (Å²) < 4.78 is 60.3. The van der Waals surface area contributed by atoms with Crippen molar-refractivity contribution in [2.45, 2.75) is 77.8 Å². The summed E-state index contributed by atoms with van der Waals surface area (Å²) in [4.78, 5) is 2.25. The van der Waals surface area contributed by atoms with Gasteiger partial charge in [-0.2, -0.15) is 4.58 Å². The van der Waals surface area contributed by atoms with Crippen LogP contribution < -0.4 is 42.5 Å². The van der Waals surface area contributed by atoms with Gasteiger partial charge in [0.05, 0.1) is 11.5 Å². The molecular weight excluding hydrogens is 588 g/mol. The standard InChI is InChI=1S/C33H39N2O4.ClHO4/c1-30(2)20-16-24-26(38-32(5,6)36-24)18-22(20)34(9)28(30)14-12-11-13-15-29-31(3,4)21-17-25-27(19-23(21)35(29)10)39-33(7,8)37-25;2-1(3,4)5/h11-19H,1-10H3;(H,2,3,4,5)/q+1;/p-1. The van der Waals surface area contributed by atoms with Crippen molar-refractivity contribution < 1.29 is 52.4 Å². The summed E-state index contributed by atoms with van der Waals surface area (Å²) in [6.07, 6.45) is 10.7. The lowest BCUT2D eigenvalue weighted by Crippen LogP contribution is -2.68. The lowest BCUT2D eigenvalue weighted by molar-refractivity contribution is -2.00. The molecule has 4 heterocycles. The number of rotatable bonds is 3. The van der Waals surface area contributed by atoms with E-state index < -0.39 is 21.8 Å². The molecule has 0 aliphatic carbocycles. The first-order valence-electron chi connectivity index (χ1n) is 14.3. The predicted molar refractivity (Wildman–Crippen MR) is 155 cm³/mol. The van der Waals surface area contributed by atoms with Crippen LogP contribution in [-0.4, -0.2) is 36.0 Å². The van der Waals surface area contributed by atoms with Crippen molar-refractivity contribution in [1.82, 2.24) is 0 Å². The van der Waals surface area contributed by atoms with E-state index in [-0.39, 0.29) is 10.8 Å². The minimum Gasteiger partial charge on any atom is -0.449 e. The SMILES string of the molecule is CN1C(=CC=CC=CC2=[N+](C)c3cc4c(cc3C2(C)C)OC(C)(C)O4)C(C)(C)c2cc3c(cc21)OC(C)(C)O3.[O-][Cl+3]([O-])([O-])[O-]. The van der Waals surface area contributed by atoms with Crippen molar-refractivity contribution in [3.05, 3.63) is 71.5 Å². The molecule has 11 heteroatoms. The lowest BCUT2D eigenvalue weighted by atomic mass is 9.81. The summed E-state index contributed by atoms with van der Waals surface area (Å²) in [5, 5.41) is 0. The van der Waals surface area contributed by atoms with Gasteiger partial charge < -0.3 is 23.8 Å². The molecular formula is C33H39ClN2O8. The van der Waals surface area contributed by atoms with E-state index in [1.54, 1.807) is 0 Å². The van der Waals surface area contributed by atoms with E-state index in [4.69, 9.17) is 37.6 Å². The molecule has 0 saturated carbocycles. The van der Waals surface area contributed by atoms with Crippen LogP contribution in [0, 0.1) is 10.2 Å². The van der Waals surface area contributed by atoms with Crippen LogP contribution in [0.2, 0.25) is 0 Å². The first kappa shape index (κ1) is 31.9. The fraction of sp³-hybridized carbons (Fsp3) is 0.424. The summed E-state index contributed by atoms with van der Waals surface area (Å²) in [5.41, 5.74) is 6.92. The molecule has 0 aromatic heterocycles. The molecule has 44 heavy (non-hydrogen) atoms. The average molecular weight is 627 g/mol. The molecule has 0 spiro atoms. The predicted octanol–water partition coefficient (Wildman–Crippen LogP) is 2.38. The van der Waals surface area contributed by atoms with Crippen LogP contribution in [0.15, 0.2) is 60.3 Å². The summed E-state index contributed by atoms with van der Waals surface area (Å²) in [6.45, 7) is 16.8. The number of benzene rings is 2. The molecule has 0 unspecified atom stereocenters. The van der Waals surface area contributed by atoms with Gasteiger partial charge in [-0.15, -0.1) is 10.2 Å². The van der Waals surface area contributed by atoms with Crippen molar-refractivity contribution in [3.8, 4) is 23.0 Å². The van der Waals surface area contributed by atoms with Crippen LogP contribution in [0.5, 0.6) is 23.0 Å². The normalized spacial score (nSPS) is 22.1. The second-order valence-electron chi connectivity index (χ2n) is 13.3. The molecule has 2 aromatic carbocycles. The average Bonchev–Trinajstić information content (AvgIpc) is 3.46. The number of ether oxygens (including phenoxy) is 4. The highest BCUT2D eigenvalue weighted by Gasteiger charge is 2.46. The largest absolute Gasteiger partial charge is 0.449 e. The van der Waals surface area contributed by atoms with E-state index in [1.165, 1.54) is 22.5 Å². The van der Waals surface area contributed by atoms with E-state index in [0.29, 0.717) is 0 Å². The van der Waals surface area contributed by atoms with Crippen LogP contribution in [0.25, 0.3) is 0 Å². The Morgan fingerprint density at radius 3 is 1.70 bits per heavy atom. The Hall–Kier alpha value is -3.54. The van der Waals surface area contributed by atoms with Crippen LogP contribution in [0.1, 0.15) is 66.5 Å². The fourth-order valence-corrected chi connectivity index (χ4v) is 6.45. The first-order valence-corrected chi connectivity index (χ1v) is 15.5. The molecule has 4 aliphatic heterocycles. The molecule has 4 aliphatic rings. The lowest BCUT2D eigenvalue weighted by Gasteiger charge is -2.23. The van der Waals surface area contributed by atoms with E-state index in [2.05, 4.69) is 106 Å². The quantitative estimate of drug-likeness (QED) is 0.372. The molecule has 2 aromatic rings. The minimum absolute atomic E-state index is 0.160. The Balaban J connectivity index is 0.000000712. The van der Waals surface area contributed by atoms with E-state index in [1.807, 2.05) is 27.7 Å². The van der Waals surface area contributed by atoms with Gasteiger partial charge in [-0.05, 0) is 37.6 Å². The third-order valence-corrected chi connectivity index (χ3v) is 8.35. The van der Waals surface area contributed by atoms with Gasteiger partial charge >= 0.3 is 0 Å². The maximum absolute atomic E-state index is 8.49. The maximum atomic E-state index is 8.49. The van der Waals surface area contributed by atoms with Gasteiger partial charge in [0, 0.05) is 69.2 Å². The highest BCUT2D eigenvalue weighted by atomic mass is 35.7. The molecule has 0 atom stereocenters. The van der Waals surface area contributed by atoms with Crippen LogP contribution in [0.4, 0.5) is 11.4 Å². The molecule has 236 valence electrons.